The Morgan fingerprint density at radius 3 is 2.55 bits per heavy atom. The first-order chi connectivity index (χ1) is 5.24. The van der Waals surface area contributed by atoms with E-state index in [0.717, 1.165) is 12.8 Å². The van der Waals surface area contributed by atoms with Gasteiger partial charge in [0.05, 0.1) is 13.0 Å². The molecule has 2 rings (SSSR count). The summed E-state index contributed by atoms with van der Waals surface area (Å²) >= 11 is 0. The van der Waals surface area contributed by atoms with E-state index in [9.17, 15) is 4.79 Å². The highest BCUT2D eigenvalue weighted by Crippen LogP contribution is 2.54. The van der Waals surface area contributed by atoms with Crippen LogP contribution in [0.25, 0.3) is 0 Å². The molecule has 0 aliphatic heterocycles. The summed E-state index contributed by atoms with van der Waals surface area (Å²) in [4.78, 5) is 11.1. The molecule has 0 radical (unpaired) electrons. The lowest BCUT2D eigenvalue weighted by Gasteiger charge is -2.09. The van der Waals surface area contributed by atoms with Crippen LogP contribution in [0.3, 0.4) is 0 Å². The van der Waals surface area contributed by atoms with Crippen molar-refractivity contribution in [2.75, 3.05) is 7.11 Å². The quantitative estimate of drug-likeness (QED) is 0.548. The first-order valence-corrected chi connectivity index (χ1v) is 4.07. The van der Waals surface area contributed by atoms with Gasteiger partial charge in [-0.1, -0.05) is 0 Å². The number of ether oxygens (including phenoxy) is 1. The van der Waals surface area contributed by atoms with Gasteiger partial charge >= 0.3 is 5.97 Å². The van der Waals surface area contributed by atoms with Gasteiger partial charge in [-0.25, -0.2) is 0 Å². The van der Waals surface area contributed by atoms with Crippen molar-refractivity contribution in [1.29, 1.82) is 0 Å². The summed E-state index contributed by atoms with van der Waals surface area (Å²) in [5.41, 5.74) is 5.80. The minimum Gasteiger partial charge on any atom is -0.469 e. The van der Waals surface area contributed by atoms with Crippen LogP contribution in [0.15, 0.2) is 0 Å². The minimum absolute atomic E-state index is 0.0644. The van der Waals surface area contributed by atoms with Crippen molar-refractivity contribution in [3.05, 3.63) is 0 Å². The molecule has 0 bridgehead atoms. The summed E-state index contributed by atoms with van der Waals surface area (Å²) in [6.07, 6.45) is 1.98. The summed E-state index contributed by atoms with van der Waals surface area (Å²) < 4.78 is 4.69. The number of hydrogen-bond donors (Lipinski definition) is 1. The lowest BCUT2D eigenvalue weighted by molar-refractivity contribution is -0.145. The van der Waals surface area contributed by atoms with Gasteiger partial charge in [-0.3, -0.25) is 4.79 Å². The topological polar surface area (TPSA) is 52.3 Å². The molecule has 62 valence electrons. The van der Waals surface area contributed by atoms with Gasteiger partial charge < -0.3 is 10.5 Å². The fourth-order valence-electron chi connectivity index (χ4n) is 2.26. The maximum absolute atomic E-state index is 11.1. The molecule has 2 aliphatic rings. The molecular weight excluding hydrogens is 142 g/mol. The summed E-state index contributed by atoms with van der Waals surface area (Å²) in [6.45, 7) is 0. The maximum Gasteiger partial charge on any atom is 0.309 e. The van der Waals surface area contributed by atoms with Crippen molar-refractivity contribution in [1.82, 2.24) is 0 Å². The minimum atomic E-state index is -0.0644. The molecule has 2 saturated carbocycles. The van der Waals surface area contributed by atoms with Crippen LogP contribution in [-0.4, -0.2) is 19.1 Å². The highest BCUT2D eigenvalue weighted by atomic mass is 16.5. The molecule has 2 aliphatic carbocycles. The Balaban J connectivity index is 2.02. The zero-order chi connectivity index (χ0) is 8.01. The fraction of sp³-hybridized carbons (Fsp3) is 0.875. The van der Waals surface area contributed by atoms with Crippen LogP contribution in [0.2, 0.25) is 0 Å². The van der Waals surface area contributed by atoms with E-state index in [1.807, 2.05) is 0 Å². The standard InChI is InChI=1S/C8H13NO2/c1-11-8(10)6-3-7(9)5-2-4(5)6/h4-7H,2-3,9H2,1H3/t4-,5+,6-,7+/m1/s1. The number of rotatable bonds is 1. The van der Waals surface area contributed by atoms with Crippen molar-refractivity contribution >= 4 is 5.97 Å². The maximum atomic E-state index is 11.1. The number of carbonyl (C=O) groups excluding carboxylic acids is 1. The van der Waals surface area contributed by atoms with Gasteiger partial charge in [0.1, 0.15) is 0 Å². The van der Waals surface area contributed by atoms with Crippen LogP contribution in [0, 0.1) is 17.8 Å². The fourth-order valence-corrected chi connectivity index (χ4v) is 2.26. The molecule has 2 N–H and O–H groups in total. The second-order valence-corrected chi connectivity index (χ2v) is 3.59. The van der Waals surface area contributed by atoms with Crippen molar-refractivity contribution < 1.29 is 9.53 Å². The third kappa shape index (κ3) is 0.948. The van der Waals surface area contributed by atoms with Gasteiger partial charge in [0.2, 0.25) is 0 Å². The van der Waals surface area contributed by atoms with Gasteiger partial charge in [0.25, 0.3) is 0 Å². The van der Waals surface area contributed by atoms with Crippen LogP contribution in [-0.2, 0) is 9.53 Å². The zero-order valence-corrected chi connectivity index (χ0v) is 6.62. The van der Waals surface area contributed by atoms with Crippen LogP contribution in [0.1, 0.15) is 12.8 Å². The van der Waals surface area contributed by atoms with Gasteiger partial charge in [-0.15, -0.1) is 0 Å². The van der Waals surface area contributed by atoms with Crippen LogP contribution >= 0.6 is 0 Å². The molecular formula is C8H13NO2. The first-order valence-electron chi connectivity index (χ1n) is 4.07. The molecule has 0 amide bonds. The zero-order valence-electron chi connectivity index (χ0n) is 6.62. The summed E-state index contributed by atoms with van der Waals surface area (Å²) in [7, 11) is 1.45. The normalized spacial score (nSPS) is 46.7. The highest BCUT2D eigenvalue weighted by molar-refractivity contribution is 5.74. The molecule has 2 fully saturated rings. The Kier molecular flexibility index (Phi) is 1.42. The van der Waals surface area contributed by atoms with E-state index in [0.29, 0.717) is 11.8 Å². The number of carbonyl (C=O) groups is 1. The number of nitrogens with two attached hydrogens (primary N) is 1. The van der Waals surface area contributed by atoms with Crippen molar-refractivity contribution in [2.24, 2.45) is 23.5 Å². The van der Waals surface area contributed by atoms with Gasteiger partial charge in [-0.2, -0.15) is 0 Å². The van der Waals surface area contributed by atoms with Crippen LogP contribution in [0.5, 0.6) is 0 Å². The highest BCUT2D eigenvalue weighted by Gasteiger charge is 2.55. The molecule has 0 heterocycles. The summed E-state index contributed by atoms with van der Waals surface area (Å²) in [5, 5.41) is 0. The predicted octanol–water partition coefficient (Wildman–Crippen LogP) is 0.143. The lowest BCUT2D eigenvalue weighted by Crippen LogP contribution is -2.23. The van der Waals surface area contributed by atoms with Gasteiger partial charge in [-0.05, 0) is 24.7 Å². The van der Waals surface area contributed by atoms with Crippen LogP contribution in [0.4, 0.5) is 0 Å². The molecule has 3 heteroatoms. The molecule has 4 atom stereocenters. The Hall–Kier alpha value is -0.570. The van der Waals surface area contributed by atoms with E-state index in [2.05, 4.69) is 4.74 Å². The molecule has 0 aromatic heterocycles. The summed E-state index contributed by atoms with van der Waals surface area (Å²) in [5.74, 6) is 1.22. The monoisotopic (exact) mass is 155 g/mol. The Bertz CT molecular complexity index is 193. The molecule has 0 unspecified atom stereocenters. The SMILES string of the molecule is COC(=O)[C@@H]1C[C@H](N)[C@H]2C[C@H]21. The molecule has 11 heavy (non-hydrogen) atoms. The number of methoxy groups -OCH3 is 1. The van der Waals surface area contributed by atoms with E-state index >= 15 is 0 Å². The summed E-state index contributed by atoms with van der Waals surface area (Å²) in [6, 6.07) is 0.254. The van der Waals surface area contributed by atoms with Crippen molar-refractivity contribution in [2.45, 2.75) is 18.9 Å². The molecule has 3 nitrogen and oxygen atoms in total. The van der Waals surface area contributed by atoms with Crippen molar-refractivity contribution in [3.63, 3.8) is 0 Å². The van der Waals surface area contributed by atoms with Gasteiger partial charge in [0.15, 0.2) is 0 Å². The Morgan fingerprint density at radius 2 is 2.18 bits per heavy atom. The Labute approximate surface area is 65.9 Å². The average Bonchev–Trinajstić information content (AvgIpc) is 2.72. The third-order valence-corrected chi connectivity index (χ3v) is 2.99. The molecule has 0 aromatic carbocycles. The van der Waals surface area contributed by atoms with E-state index < -0.39 is 0 Å². The number of esters is 1. The second-order valence-electron chi connectivity index (χ2n) is 3.59. The van der Waals surface area contributed by atoms with E-state index in [1.54, 1.807) is 0 Å². The van der Waals surface area contributed by atoms with Gasteiger partial charge in [0, 0.05) is 6.04 Å². The number of fused-ring (bicyclic) bond motifs is 1. The van der Waals surface area contributed by atoms with E-state index in [4.69, 9.17) is 5.73 Å². The van der Waals surface area contributed by atoms with E-state index in [-0.39, 0.29) is 17.9 Å². The lowest BCUT2D eigenvalue weighted by atomic mass is 10.0. The third-order valence-electron chi connectivity index (χ3n) is 2.99. The first kappa shape index (κ1) is 7.10. The van der Waals surface area contributed by atoms with Crippen molar-refractivity contribution in [3.8, 4) is 0 Å². The molecule has 0 spiro atoms. The smallest absolute Gasteiger partial charge is 0.309 e. The van der Waals surface area contributed by atoms with Crippen LogP contribution < -0.4 is 5.73 Å². The predicted molar refractivity (Wildman–Crippen MR) is 39.7 cm³/mol. The number of hydrogen-bond acceptors (Lipinski definition) is 3. The largest absolute Gasteiger partial charge is 0.469 e. The Morgan fingerprint density at radius 1 is 1.45 bits per heavy atom. The molecule has 0 saturated heterocycles. The van der Waals surface area contributed by atoms with E-state index in [1.165, 1.54) is 7.11 Å². The molecule has 0 aromatic rings. The average molecular weight is 155 g/mol. The second kappa shape index (κ2) is 2.21.